The highest BCUT2D eigenvalue weighted by molar-refractivity contribution is 5.45. The molecule has 0 bridgehead atoms. The summed E-state index contributed by atoms with van der Waals surface area (Å²) in [7, 11) is 1.67. The molecule has 0 saturated heterocycles. The van der Waals surface area contributed by atoms with Gasteiger partial charge in [-0.15, -0.1) is 0 Å². The fourth-order valence-electron chi connectivity index (χ4n) is 2.90. The van der Waals surface area contributed by atoms with Crippen LogP contribution in [0.5, 0.6) is 5.75 Å². The molecule has 3 aromatic rings. The molecule has 0 atom stereocenters. The molecule has 3 heterocycles. The van der Waals surface area contributed by atoms with Crippen molar-refractivity contribution in [3.05, 3.63) is 77.1 Å². The highest BCUT2D eigenvalue weighted by Crippen LogP contribution is 2.17. The molecule has 6 heteroatoms. The number of ether oxygens (including phenoxy) is 1. The van der Waals surface area contributed by atoms with Crippen LogP contribution in [0.15, 0.2) is 58.4 Å². The van der Waals surface area contributed by atoms with Gasteiger partial charge in [-0.2, -0.15) is 0 Å². The molecule has 3 aromatic heterocycles. The number of anilines is 1. The Bertz CT molecular complexity index is 965. The van der Waals surface area contributed by atoms with Crippen LogP contribution in [0.3, 0.4) is 0 Å². The molecule has 0 aliphatic carbocycles. The minimum atomic E-state index is 0.554. The molecule has 3 rings (SSSR count). The number of methoxy groups -OCH3 is 1. The smallest absolute Gasteiger partial charge is 0.215 e. The highest BCUT2D eigenvalue weighted by Gasteiger charge is 2.04. The third kappa shape index (κ3) is 5.42. The molecule has 0 aromatic carbocycles. The van der Waals surface area contributed by atoms with Gasteiger partial charge < -0.3 is 14.9 Å². The monoisotopic (exact) mass is 378 g/mol. The first kappa shape index (κ1) is 19.6. The van der Waals surface area contributed by atoms with E-state index in [1.165, 1.54) is 0 Å². The molecule has 146 valence electrons. The Kier molecular flexibility index (Phi) is 6.78. The van der Waals surface area contributed by atoms with Gasteiger partial charge in [0.2, 0.25) is 5.55 Å². The van der Waals surface area contributed by atoms with E-state index in [1.807, 2.05) is 31.3 Å². The van der Waals surface area contributed by atoms with Gasteiger partial charge >= 0.3 is 0 Å². The van der Waals surface area contributed by atoms with Gasteiger partial charge in [-0.3, -0.25) is 15.0 Å². The van der Waals surface area contributed by atoms with Crippen LogP contribution in [0.1, 0.15) is 35.4 Å². The number of unbranched alkanes of at least 4 members (excludes halogenated alkanes) is 1. The Morgan fingerprint density at radius 2 is 2.07 bits per heavy atom. The van der Waals surface area contributed by atoms with Crippen LogP contribution in [0, 0.1) is 6.92 Å². The lowest BCUT2D eigenvalue weighted by Crippen LogP contribution is -2.07. The quantitative estimate of drug-likeness (QED) is 0.607. The number of rotatable bonds is 8. The van der Waals surface area contributed by atoms with Crippen molar-refractivity contribution in [1.29, 1.82) is 0 Å². The third-order valence-corrected chi connectivity index (χ3v) is 4.50. The standard InChI is InChI=1S/C22H26N4O2/c1-16-8-9-17(14-26-16)12-18-15-28-22(13-19(18)23)25-10-4-3-6-20-21(27-2)7-5-11-24-20/h5,7-9,11,13-15H,3-4,6,10,12,23H2,1-2H3. The maximum atomic E-state index is 6.17. The first-order valence-corrected chi connectivity index (χ1v) is 9.43. The second kappa shape index (κ2) is 9.69. The van der Waals surface area contributed by atoms with Crippen LogP contribution in [0.25, 0.3) is 0 Å². The summed E-state index contributed by atoms with van der Waals surface area (Å²) in [6.07, 6.45) is 8.81. The molecular formula is C22H26N4O2. The maximum absolute atomic E-state index is 6.17. The van der Waals surface area contributed by atoms with Crippen LogP contribution in [0.2, 0.25) is 0 Å². The first-order chi connectivity index (χ1) is 13.7. The lowest BCUT2D eigenvalue weighted by Gasteiger charge is -2.06. The molecule has 2 N–H and O–H groups in total. The van der Waals surface area contributed by atoms with Crippen LogP contribution in [-0.2, 0) is 12.8 Å². The molecule has 0 aliphatic rings. The average Bonchev–Trinajstić information content (AvgIpc) is 2.71. The fourth-order valence-corrected chi connectivity index (χ4v) is 2.90. The van der Waals surface area contributed by atoms with Crippen molar-refractivity contribution < 1.29 is 9.15 Å². The summed E-state index contributed by atoms with van der Waals surface area (Å²) in [4.78, 5) is 13.2. The summed E-state index contributed by atoms with van der Waals surface area (Å²) < 4.78 is 11.0. The highest BCUT2D eigenvalue weighted by atomic mass is 16.5. The van der Waals surface area contributed by atoms with E-state index in [9.17, 15) is 0 Å². The van der Waals surface area contributed by atoms with Gasteiger partial charge in [-0.1, -0.05) is 6.07 Å². The van der Waals surface area contributed by atoms with Crippen LogP contribution in [0.4, 0.5) is 5.69 Å². The summed E-state index contributed by atoms with van der Waals surface area (Å²) in [5.41, 5.74) is 11.4. The van der Waals surface area contributed by atoms with E-state index in [4.69, 9.17) is 14.9 Å². The summed E-state index contributed by atoms with van der Waals surface area (Å²) in [5.74, 6) is 0.835. The van der Waals surface area contributed by atoms with E-state index in [1.54, 1.807) is 25.6 Å². The summed E-state index contributed by atoms with van der Waals surface area (Å²) in [5, 5.41) is 0. The molecule has 6 nitrogen and oxygen atoms in total. The molecule has 0 amide bonds. The minimum absolute atomic E-state index is 0.554. The fraction of sp³-hybridized carbons (Fsp3) is 0.318. The van der Waals surface area contributed by atoms with Crippen LogP contribution in [-0.4, -0.2) is 23.6 Å². The van der Waals surface area contributed by atoms with E-state index in [2.05, 4.69) is 21.0 Å². The van der Waals surface area contributed by atoms with Gasteiger partial charge in [0.15, 0.2) is 0 Å². The average molecular weight is 378 g/mol. The van der Waals surface area contributed by atoms with E-state index >= 15 is 0 Å². The minimum Gasteiger partial charge on any atom is -0.495 e. The van der Waals surface area contributed by atoms with E-state index in [0.29, 0.717) is 24.2 Å². The Hall–Kier alpha value is -3.15. The second-order valence-electron chi connectivity index (χ2n) is 6.67. The zero-order chi connectivity index (χ0) is 19.8. The van der Waals surface area contributed by atoms with Crippen molar-refractivity contribution in [1.82, 2.24) is 9.97 Å². The number of nitrogen functional groups attached to an aromatic ring is 1. The predicted octanol–water partition coefficient (Wildman–Crippen LogP) is 3.48. The number of nitrogens with two attached hydrogens (primary N) is 1. The topological polar surface area (TPSA) is 86.5 Å². The molecule has 28 heavy (non-hydrogen) atoms. The lowest BCUT2D eigenvalue weighted by atomic mass is 10.1. The van der Waals surface area contributed by atoms with Crippen molar-refractivity contribution in [3.63, 3.8) is 0 Å². The Morgan fingerprint density at radius 1 is 1.18 bits per heavy atom. The normalized spacial score (nSPS) is 11.6. The molecule has 0 radical (unpaired) electrons. The van der Waals surface area contributed by atoms with Crippen molar-refractivity contribution in [3.8, 4) is 5.75 Å². The predicted molar refractivity (Wildman–Crippen MR) is 109 cm³/mol. The summed E-state index contributed by atoms with van der Waals surface area (Å²) >= 11 is 0. The Morgan fingerprint density at radius 3 is 2.82 bits per heavy atom. The number of pyridine rings is 2. The van der Waals surface area contributed by atoms with Gasteiger partial charge in [-0.05, 0) is 49.9 Å². The van der Waals surface area contributed by atoms with Gasteiger partial charge in [0.1, 0.15) is 5.75 Å². The van der Waals surface area contributed by atoms with Gasteiger partial charge in [0.05, 0.1) is 19.1 Å². The maximum Gasteiger partial charge on any atom is 0.215 e. The number of aryl methyl sites for hydroxylation is 2. The molecule has 0 fully saturated rings. The van der Waals surface area contributed by atoms with E-state index < -0.39 is 0 Å². The SMILES string of the molecule is COc1cccnc1CCCCN=c1cc(N)c(Cc2ccc(C)nc2)co1. The van der Waals surface area contributed by atoms with Gasteiger partial charge in [0.25, 0.3) is 0 Å². The third-order valence-electron chi connectivity index (χ3n) is 4.50. The number of nitrogens with zero attached hydrogens (tertiary/aromatic N) is 3. The number of aromatic nitrogens is 2. The summed E-state index contributed by atoms with van der Waals surface area (Å²) in [6, 6.07) is 9.65. The zero-order valence-electron chi connectivity index (χ0n) is 16.4. The zero-order valence-corrected chi connectivity index (χ0v) is 16.4. The van der Waals surface area contributed by atoms with Crippen molar-refractivity contribution in [2.45, 2.75) is 32.6 Å². The van der Waals surface area contributed by atoms with Crippen molar-refractivity contribution >= 4 is 5.69 Å². The molecule has 0 spiro atoms. The van der Waals surface area contributed by atoms with Gasteiger partial charge in [-0.25, -0.2) is 0 Å². The van der Waals surface area contributed by atoms with Crippen LogP contribution >= 0.6 is 0 Å². The summed E-state index contributed by atoms with van der Waals surface area (Å²) in [6.45, 7) is 2.65. The lowest BCUT2D eigenvalue weighted by molar-refractivity contribution is 0.406. The Balaban J connectivity index is 1.53. The number of hydrogen-bond donors (Lipinski definition) is 1. The largest absolute Gasteiger partial charge is 0.495 e. The van der Waals surface area contributed by atoms with Crippen molar-refractivity contribution in [2.75, 3.05) is 19.4 Å². The van der Waals surface area contributed by atoms with Gasteiger partial charge in [0, 0.05) is 48.4 Å². The molecule has 0 saturated carbocycles. The first-order valence-electron chi connectivity index (χ1n) is 9.43. The Labute approximate surface area is 165 Å². The van der Waals surface area contributed by atoms with E-state index in [0.717, 1.165) is 47.5 Å². The molecular weight excluding hydrogens is 352 g/mol. The molecule has 0 aliphatic heterocycles. The number of hydrogen-bond acceptors (Lipinski definition) is 6. The van der Waals surface area contributed by atoms with Crippen molar-refractivity contribution in [2.24, 2.45) is 4.99 Å². The second-order valence-corrected chi connectivity index (χ2v) is 6.67. The molecule has 0 unspecified atom stereocenters. The van der Waals surface area contributed by atoms with Crippen LogP contribution < -0.4 is 16.0 Å². The van der Waals surface area contributed by atoms with E-state index in [-0.39, 0.29) is 0 Å².